The molecule has 7 nitrogen and oxygen atoms in total. The zero-order valence-corrected chi connectivity index (χ0v) is 12.8. The summed E-state index contributed by atoms with van der Waals surface area (Å²) in [4.78, 5) is 8.68. The minimum atomic E-state index is -0.451. The van der Waals surface area contributed by atoms with Crippen LogP contribution in [0.25, 0.3) is 17.0 Å². The lowest BCUT2D eigenvalue weighted by atomic mass is 9.92. The Balaban J connectivity index is 2.13. The molecular formula is C15H18N6O. The summed E-state index contributed by atoms with van der Waals surface area (Å²) in [7, 11) is 1.57. The maximum Gasteiger partial charge on any atom is 0.258 e. The number of aromatic nitrogens is 5. The Hall–Kier alpha value is -2.54. The van der Waals surface area contributed by atoms with Gasteiger partial charge in [0.1, 0.15) is 11.4 Å². The van der Waals surface area contributed by atoms with E-state index in [4.69, 9.17) is 10.5 Å². The third-order valence-corrected chi connectivity index (χ3v) is 3.85. The van der Waals surface area contributed by atoms with Crippen molar-refractivity contribution in [1.82, 2.24) is 24.6 Å². The fraction of sp³-hybridized carbons (Fsp3) is 0.333. The smallest absolute Gasteiger partial charge is 0.258 e. The maximum absolute atomic E-state index is 6.29. The van der Waals surface area contributed by atoms with Crippen molar-refractivity contribution in [3.8, 4) is 17.3 Å². The number of methoxy groups -OCH3 is 1. The van der Waals surface area contributed by atoms with Gasteiger partial charge >= 0.3 is 0 Å². The van der Waals surface area contributed by atoms with Crippen LogP contribution in [0.5, 0.6) is 5.88 Å². The summed E-state index contributed by atoms with van der Waals surface area (Å²) < 4.78 is 7.14. The average molecular weight is 298 g/mol. The maximum atomic E-state index is 6.29. The number of hydrogen-bond donors (Lipinski definition) is 1. The Labute approximate surface area is 128 Å². The third-order valence-electron chi connectivity index (χ3n) is 3.85. The van der Waals surface area contributed by atoms with E-state index in [1.54, 1.807) is 19.5 Å². The first kappa shape index (κ1) is 14.4. The van der Waals surface area contributed by atoms with Crippen LogP contribution in [0.2, 0.25) is 0 Å². The van der Waals surface area contributed by atoms with Gasteiger partial charge in [-0.05, 0) is 25.0 Å². The monoisotopic (exact) mass is 298 g/mol. The van der Waals surface area contributed by atoms with Crippen LogP contribution >= 0.6 is 0 Å². The predicted molar refractivity (Wildman–Crippen MR) is 82.4 cm³/mol. The van der Waals surface area contributed by atoms with Gasteiger partial charge in [0.15, 0.2) is 5.65 Å². The normalized spacial score (nSPS) is 14.0. The van der Waals surface area contributed by atoms with Crippen molar-refractivity contribution in [2.75, 3.05) is 7.11 Å². The summed E-state index contributed by atoms with van der Waals surface area (Å²) in [6.07, 6.45) is 7.87. The second-order valence-electron chi connectivity index (χ2n) is 5.39. The molecule has 2 N–H and O–H groups in total. The molecule has 3 aromatic heterocycles. The Morgan fingerprint density at radius 1 is 1.36 bits per heavy atom. The lowest BCUT2D eigenvalue weighted by Gasteiger charge is -2.22. The lowest BCUT2D eigenvalue weighted by molar-refractivity contribution is 0.400. The van der Waals surface area contributed by atoms with Crippen molar-refractivity contribution >= 4 is 5.65 Å². The van der Waals surface area contributed by atoms with Crippen LogP contribution in [0, 0.1) is 0 Å². The number of rotatable bonds is 4. The second kappa shape index (κ2) is 5.34. The van der Waals surface area contributed by atoms with E-state index in [0.29, 0.717) is 22.9 Å². The first-order valence-corrected chi connectivity index (χ1v) is 7.05. The van der Waals surface area contributed by atoms with Gasteiger partial charge < -0.3 is 14.9 Å². The number of fused-ring (bicyclic) bond motifs is 1. The van der Waals surface area contributed by atoms with Crippen molar-refractivity contribution in [2.24, 2.45) is 5.73 Å². The van der Waals surface area contributed by atoms with Gasteiger partial charge in [-0.15, -0.1) is 5.10 Å². The van der Waals surface area contributed by atoms with Crippen LogP contribution < -0.4 is 10.5 Å². The Morgan fingerprint density at radius 3 is 2.91 bits per heavy atom. The van der Waals surface area contributed by atoms with Crippen LogP contribution in [0.15, 0.2) is 30.9 Å². The van der Waals surface area contributed by atoms with Gasteiger partial charge in [-0.3, -0.25) is 0 Å². The Kier molecular flexibility index (Phi) is 3.50. The standard InChI is InChI=1S/C15H18N6O/c1-4-15(2,16)10-7-11(20-18-8-10)12-9-21-6-5-17-13(21)14(19-12)22-3/h5-9H,4,16H2,1-3H3. The summed E-state index contributed by atoms with van der Waals surface area (Å²) in [5, 5.41) is 8.23. The molecule has 1 unspecified atom stereocenters. The largest absolute Gasteiger partial charge is 0.478 e. The quantitative estimate of drug-likeness (QED) is 0.789. The first-order valence-electron chi connectivity index (χ1n) is 7.05. The van der Waals surface area contributed by atoms with Crippen molar-refractivity contribution < 1.29 is 4.74 Å². The second-order valence-corrected chi connectivity index (χ2v) is 5.39. The van der Waals surface area contributed by atoms with E-state index in [-0.39, 0.29) is 0 Å². The summed E-state index contributed by atoms with van der Waals surface area (Å²) in [6.45, 7) is 4.01. The highest BCUT2D eigenvalue weighted by Crippen LogP contribution is 2.25. The minimum Gasteiger partial charge on any atom is -0.478 e. The molecule has 3 rings (SSSR count). The highest BCUT2D eigenvalue weighted by molar-refractivity contribution is 5.60. The Bertz CT molecular complexity index is 811. The van der Waals surface area contributed by atoms with Crippen LogP contribution in [0.4, 0.5) is 0 Å². The zero-order valence-electron chi connectivity index (χ0n) is 12.8. The van der Waals surface area contributed by atoms with Gasteiger partial charge in [-0.2, -0.15) is 5.10 Å². The van der Waals surface area contributed by atoms with Crippen molar-refractivity contribution in [3.05, 3.63) is 36.4 Å². The van der Waals surface area contributed by atoms with Crippen molar-refractivity contribution in [1.29, 1.82) is 0 Å². The molecular weight excluding hydrogens is 280 g/mol. The first-order chi connectivity index (χ1) is 10.5. The molecule has 0 aliphatic heterocycles. The average Bonchev–Trinajstić information content (AvgIpc) is 3.02. The van der Waals surface area contributed by atoms with Crippen LogP contribution in [-0.4, -0.2) is 31.7 Å². The summed E-state index contributed by atoms with van der Waals surface area (Å²) in [6, 6.07) is 1.92. The van der Waals surface area contributed by atoms with Gasteiger partial charge in [0.05, 0.1) is 13.3 Å². The van der Waals surface area contributed by atoms with Crippen LogP contribution in [-0.2, 0) is 5.54 Å². The van der Waals surface area contributed by atoms with E-state index in [9.17, 15) is 0 Å². The molecule has 0 spiro atoms. The number of ether oxygens (including phenoxy) is 1. The molecule has 3 heterocycles. The molecule has 0 saturated heterocycles. The fourth-order valence-electron chi connectivity index (χ4n) is 2.17. The molecule has 0 fully saturated rings. The van der Waals surface area contributed by atoms with Gasteiger partial charge in [0.2, 0.25) is 0 Å². The van der Waals surface area contributed by atoms with Gasteiger partial charge in [0.25, 0.3) is 5.88 Å². The van der Waals surface area contributed by atoms with Crippen LogP contribution in [0.3, 0.4) is 0 Å². The topological polar surface area (TPSA) is 91.2 Å². The number of nitrogens with zero attached hydrogens (tertiary/aromatic N) is 5. The van der Waals surface area contributed by atoms with Gasteiger partial charge in [-0.25, -0.2) is 9.97 Å². The lowest BCUT2D eigenvalue weighted by Crippen LogP contribution is -2.32. The van der Waals surface area contributed by atoms with E-state index in [0.717, 1.165) is 12.0 Å². The highest BCUT2D eigenvalue weighted by atomic mass is 16.5. The van der Waals surface area contributed by atoms with E-state index in [1.165, 1.54) is 0 Å². The summed E-state index contributed by atoms with van der Waals surface area (Å²) >= 11 is 0. The Morgan fingerprint density at radius 2 is 2.18 bits per heavy atom. The molecule has 114 valence electrons. The minimum absolute atomic E-state index is 0.445. The van der Waals surface area contributed by atoms with Gasteiger partial charge in [-0.1, -0.05) is 6.92 Å². The molecule has 0 aliphatic carbocycles. The highest BCUT2D eigenvalue weighted by Gasteiger charge is 2.20. The molecule has 22 heavy (non-hydrogen) atoms. The molecule has 7 heteroatoms. The molecule has 0 aliphatic rings. The van der Waals surface area contributed by atoms with Crippen molar-refractivity contribution in [3.63, 3.8) is 0 Å². The third kappa shape index (κ3) is 2.39. The number of imidazole rings is 1. The zero-order chi connectivity index (χ0) is 15.7. The molecule has 3 aromatic rings. The molecule has 0 amide bonds. The van der Waals surface area contributed by atoms with E-state index < -0.39 is 5.54 Å². The number of hydrogen-bond acceptors (Lipinski definition) is 6. The number of nitrogens with two attached hydrogens (primary N) is 1. The molecule has 1 atom stereocenters. The fourth-order valence-corrected chi connectivity index (χ4v) is 2.17. The SMILES string of the molecule is CCC(C)(N)c1cnnc(-c2cn3ccnc3c(OC)n2)c1. The predicted octanol–water partition coefficient (Wildman–Crippen LogP) is 1.78. The molecule has 0 saturated carbocycles. The molecule has 0 bridgehead atoms. The van der Waals surface area contributed by atoms with Crippen molar-refractivity contribution in [2.45, 2.75) is 25.8 Å². The summed E-state index contributed by atoms with van der Waals surface area (Å²) in [5.74, 6) is 0.445. The van der Waals surface area contributed by atoms with E-state index >= 15 is 0 Å². The molecule has 0 radical (unpaired) electrons. The van der Waals surface area contributed by atoms with E-state index in [1.807, 2.05) is 36.7 Å². The molecule has 0 aromatic carbocycles. The van der Waals surface area contributed by atoms with Gasteiger partial charge in [0, 0.05) is 24.1 Å². The summed E-state index contributed by atoms with van der Waals surface area (Å²) in [5.41, 5.74) is 8.72. The van der Waals surface area contributed by atoms with E-state index in [2.05, 4.69) is 20.2 Å². The van der Waals surface area contributed by atoms with Crippen LogP contribution in [0.1, 0.15) is 25.8 Å².